The van der Waals surface area contributed by atoms with Crippen LogP contribution < -0.4 is 5.73 Å². The Kier molecular flexibility index (Phi) is 2.71. The van der Waals surface area contributed by atoms with Crippen molar-refractivity contribution in [3.05, 3.63) is 42.7 Å². The molecule has 0 bridgehead atoms. The molecule has 2 aromatic heterocycles. The monoisotopic (exact) mass is 252 g/mol. The normalized spacial score (nSPS) is 11.3. The van der Waals surface area contributed by atoms with Crippen LogP contribution in [0.2, 0.25) is 0 Å². The highest BCUT2D eigenvalue weighted by Gasteiger charge is 2.16. The number of anilines is 1. The lowest BCUT2D eigenvalue weighted by atomic mass is 10.2. The maximum atomic E-state index is 6.03. The Balaban J connectivity index is 2.36. The smallest absolute Gasteiger partial charge is 0.143 e. The zero-order chi connectivity index (χ0) is 13.4. The fourth-order valence-corrected chi connectivity index (χ4v) is 2.36. The molecule has 0 fully saturated rings. The summed E-state index contributed by atoms with van der Waals surface area (Å²) < 4.78 is 2.20. The van der Waals surface area contributed by atoms with Gasteiger partial charge in [-0.3, -0.25) is 4.98 Å². The third-order valence-corrected chi connectivity index (χ3v) is 3.19. The Morgan fingerprint density at radius 1 is 1.16 bits per heavy atom. The molecule has 4 nitrogen and oxygen atoms in total. The molecule has 0 atom stereocenters. The fraction of sp³-hybridized carbons (Fsp3) is 0.200. The fourth-order valence-electron chi connectivity index (χ4n) is 2.36. The molecule has 0 spiro atoms. The van der Waals surface area contributed by atoms with Crippen LogP contribution in [0.25, 0.3) is 22.4 Å². The molecule has 0 aliphatic rings. The second-order valence-corrected chi connectivity index (χ2v) is 4.86. The first kappa shape index (κ1) is 11.7. The highest BCUT2D eigenvalue weighted by atomic mass is 15.1. The first-order valence-corrected chi connectivity index (χ1v) is 6.35. The lowest BCUT2D eigenvalue weighted by Gasteiger charge is -2.12. The summed E-state index contributed by atoms with van der Waals surface area (Å²) in [6, 6.07) is 10.1. The minimum atomic E-state index is 0.307. The van der Waals surface area contributed by atoms with E-state index in [4.69, 9.17) is 10.7 Å². The van der Waals surface area contributed by atoms with Crippen LogP contribution in [0.1, 0.15) is 19.9 Å². The molecule has 0 aliphatic carbocycles. The SMILES string of the molecule is CC(C)n1c(-c2cccnc2)nc2c(N)cccc21. The van der Waals surface area contributed by atoms with Crippen molar-refractivity contribution in [3.63, 3.8) is 0 Å². The first-order valence-electron chi connectivity index (χ1n) is 6.35. The number of nitrogen functional groups attached to an aromatic ring is 1. The molecule has 4 heteroatoms. The molecule has 19 heavy (non-hydrogen) atoms. The Bertz CT molecular complexity index is 714. The number of pyridine rings is 1. The largest absolute Gasteiger partial charge is 0.397 e. The maximum Gasteiger partial charge on any atom is 0.143 e. The average Bonchev–Trinajstić information content (AvgIpc) is 2.81. The van der Waals surface area contributed by atoms with E-state index in [1.54, 1.807) is 6.20 Å². The molecular formula is C15H16N4. The van der Waals surface area contributed by atoms with Gasteiger partial charge >= 0.3 is 0 Å². The number of nitrogens with zero attached hydrogens (tertiary/aromatic N) is 3. The first-order chi connectivity index (χ1) is 9.18. The van der Waals surface area contributed by atoms with Crippen LogP contribution >= 0.6 is 0 Å². The summed E-state index contributed by atoms with van der Waals surface area (Å²) in [5, 5.41) is 0. The van der Waals surface area contributed by atoms with Crippen molar-refractivity contribution in [2.45, 2.75) is 19.9 Å². The van der Waals surface area contributed by atoms with Gasteiger partial charge in [0.2, 0.25) is 0 Å². The van der Waals surface area contributed by atoms with Crippen LogP contribution in [0.4, 0.5) is 5.69 Å². The molecule has 96 valence electrons. The van der Waals surface area contributed by atoms with Crippen LogP contribution in [0.5, 0.6) is 0 Å². The van der Waals surface area contributed by atoms with E-state index >= 15 is 0 Å². The van der Waals surface area contributed by atoms with Gasteiger partial charge in [-0.15, -0.1) is 0 Å². The second-order valence-electron chi connectivity index (χ2n) is 4.86. The number of para-hydroxylation sites is 1. The summed E-state index contributed by atoms with van der Waals surface area (Å²) in [4.78, 5) is 8.87. The number of nitrogens with two attached hydrogens (primary N) is 1. The molecule has 0 saturated carbocycles. The van der Waals surface area contributed by atoms with E-state index in [1.807, 2.05) is 30.5 Å². The highest BCUT2D eigenvalue weighted by Crippen LogP contribution is 2.30. The Morgan fingerprint density at radius 2 is 2.00 bits per heavy atom. The summed E-state index contributed by atoms with van der Waals surface area (Å²) in [6.45, 7) is 4.29. The van der Waals surface area contributed by atoms with Crippen molar-refractivity contribution in [3.8, 4) is 11.4 Å². The van der Waals surface area contributed by atoms with E-state index in [1.165, 1.54) is 0 Å². The molecular weight excluding hydrogens is 236 g/mol. The Hall–Kier alpha value is -2.36. The van der Waals surface area contributed by atoms with Crippen molar-refractivity contribution >= 4 is 16.7 Å². The topological polar surface area (TPSA) is 56.7 Å². The average molecular weight is 252 g/mol. The van der Waals surface area contributed by atoms with E-state index in [-0.39, 0.29) is 0 Å². The Labute approximate surface area is 111 Å². The molecule has 2 N–H and O–H groups in total. The van der Waals surface area contributed by atoms with E-state index in [2.05, 4.69) is 29.5 Å². The number of hydrogen-bond donors (Lipinski definition) is 1. The van der Waals surface area contributed by atoms with Gasteiger partial charge in [0.1, 0.15) is 11.3 Å². The van der Waals surface area contributed by atoms with Crippen LogP contribution in [0, 0.1) is 0 Å². The van der Waals surface area contributed by atoms with E-state index in [0.717, 1.165) is 22.4 Å². The van der Waals surface area contributed by atoms with Crippen molar-refractivity contribution in [2.75, 3.05) is 5.73 Å². The molecule has 3 aromatic rings. The van der Waals surface area contributed by atoms with Gasteiger partial charge in [0, 0.05) is 24.0 Å². The van der Waals surface area contributed by atoms with Gasteiger partial charge in [-0.2, -0.15) is 0 Å². The second kappa shape index (κ2) is 4.39. The molecule has 2 heterocycles. The third kappa shape index (κ3) is 1.85. The molecule has 0 aliphatic heterocycles. The number of fused-ring (bicyclic) bond motifs is 1. The number of benzene rings is 1. The third-order valence-electron chi connectivity index (χ3n) is 3.19. The van der Waals surface area contributed by atoms with E-state index < -0.39 is 0 Å². The minimum Gasteiger partial charge on any atom is -0.397 e. The zero-order valence-corrected chi connectivity index (χ0v) is 11.0. The quantitative estimate of drug-likeness (QED) is 0.712. The van der Waals surface area contributed by atoms with Gasteiger partial charge in [0.15, 0.2) is 0 Å². The predicted octanol–water partition coefficient (Wildman–Crippen LogP) is 3.26. The summed E-state index contributed by atoms with van der Waals surface area (Å²) >= 11 is 0. The number of rotatable bonds is 2. The maximum absolute atomic E-state index is 6.03. The van der Waals surface area contributed by atoms with Crippen LogP contribution in [0.3, 0.4) is 0 Å². The van der Waals surface area contributed by atoms with Gasteiger partial charge in [-0.05, 0) is 38.1 Å². The standard InChI is InChI=1S/C15H16N4/c1-10(2)19-13-7-3-6-12(16)14(13)18-15(19)11-5-4-8-17-9-11/h3-10H,16H2,1-2H3. The molecule has 1 aromatic carbocycles. The number of hydrogen-bond acceptors (Lipinski definition) is 3. The summed E-state index contributed by atoms with van der Waals surface area (Å²) in [5.74, 6) is 0.913. The highest BCUT2D eigenvalue weighted by molar-refractivity contribution is 5.90. The van der Waals surface area contributed by atoms with Gasteiger partial charge in [-0.25, -0.2) is 4.98 Å². The van der Waals surface area contributed by atoms with Crippen molar-refractivity contribution in [1.82, 2.24) is 14.5 Å². The molecule has 0 radical (unpaired) electrons. The summed E-state index contributed by atoms with van der Waals surface area (Å²) in [7, 11) is 0. The number of aromatic nitrogens is 3. The zero-order valence-electron chi connectivity index (χ0n) is 11.0. The lowest BCUT2D eigenvalue weighted by molar-refractivity contribution is 0.624. The molecule has 3 rings (SSSR count). The molecule has 0 amide bonds. The van der Waals surface area contributed by atoms with Crippen LogP contribution in [-0.4, -0.2) is 14.5 Å². The minimum absolute atomic E-state index is 0.307. The molecule has 0 unspecified atom stereocenters. The lowest BCUT2D eigenvalue weighted by Crippen LogP contribution is -2.03. The van der Waals surface area contributed by atoms with Crippen LogP contribution in [0.15, 0.2) is 42.7 Å². The van der Waals surface area contributed by atoms with Gasteiger partial charge < -0.3 is 10.3 Å². The van der Waals surface area contributed by atoms with E-state index in [9.17, 15) is 0 Å². The number of imidazole rings is 1. The molecule has 0 saturated heterocycles. The van der Waals surface area contributed by atoms with Crippen molar-refractivity contribution < 1.29 is 0 Å². The predicted molar refractivity (Wildman–Crippen MR) is 77.8 cm³/mol. The van der Waals surface area contributed by atoms with Crippen LogP contribution in [-0.2, 0) is 0 Å². The van der Waals surface area contributed by atoms with Gasteiger partial charge in [-0.1, -0.05) is 6.07 Å². The van der Waals surface area contributed by atoms with E-state index in [0.29, 0.717) is 11.7 Å². The summed E-state index contributed by atoms with van der Waals surface area (Å²) in [5.41, 5.74) is 9.66. The summed E-state index contributed by atoms with van der Waals surface area (Å²) in [6.07, 6.45) is 3.59. The van der Waals surface area contributed by atoms with Gasteiger partial charge in [0.25, 0.3) is 0 Å². The van der Waals surface area contributed by atoms with Crippen molar-refractivity contribution in [2.24, 2.45) is 0 Å². The van der Waals surface area contributed by atoms with Crippen molar-refractivity contribution in [1.29, 1.82) is 0 Å². The van der Waals surface area contributed by atoms with Gasteiger partial charge in [0.05, 0.1) is 11.2 Å². The Morgan fingerprint density at radius 3 is 2.68 bits per heavy atom.